The molecule has 0 saturated carbocycles. The van der Waals surface area contributed by atoms with Crippen LogP contribution in [0.3, 0.4) is 0 Å². The summed E-state index contributed by atoms with van der Waals surface area (Å²) in [5.41, 5.74) is -0.150. The topological polar surface area (TPSA) is 79.8 Å². The number of benzene rings is 1. The quantitative estimate of drug-likeness (QED) is 0.633. The molecule has 10 heteroatoms. The highest BCUT2D eigenvalue weighted by atomic mass is 35.5. The van der Waals surface area contributed by atoms with Gasteiger partial charge < -0.3 is 10.6 Å². The van der Waals surface area contributed by atoms with Crippen LogP contribution in [0.4, 0.5) is 24.8 Å². The number of carbonyl (C=O) groups is 1. The lowest BCUT2D eigenvalue weighted by molar-refractivity contribution is -0.141. The lowest BCUT2D eigenvalue weighted by Gasteiger charge is -2.14. The number of halogens is 4. The monoisotopic (exact) mass is 421 g/mol. The molecule has 0 aliphatic carbocycles. The van der Waals surface area contributed by atoms with E-state index in [1.165, 1.54) is 6.07 Å². The summed E-state index contributed by atoms with van der Waals surface area (Å²) in [7, 11) is 0. The second kappa shape index (κ2) is 8.44. The Morgan fingerprint density at radius 1 is 1.17 bits per heavy atom. The summed E-state index contributed by atoms with van der Waals surface area (Å²) in [5.74, 6) is -1.23. The SMILES string of the molecule is Cc1cc(CNC(=O)c2cnc(Nc3cccc(Cl)c3)nc2C(F)(F)F)ccn1. The Bertz CT molecular complexity index is 1040. The number of nitrogens with one attached hydrogen (secondary N) is 2. The second-order valence-corrected chi connectivity index (χ2v) is 6.51. The number of hydrogen-bond donors (Lipinski definition) is 2. The van der Waals surface area contributed by atoms with Gasteiger partial charge in [-0.25, -0.2) is 9.97 Å². The Kier molecular flexibility index (Phi) is 5.97. The first-order chi connectivity index (χ1) is 13.7. The molecule has 0 unspecified atom stereocenters. The van der Waals surface area contributed by atoms with E-state index in [1.807, 2.05) is 0 Å². The highest BCUT2D eigenvalue weighted by Gasteiger charge is 2.38. The zero-order valence-corrected chi connectivity index (χ0v) is 15.8. The minimum absolute atomic E-state index is 0.0437. The molecule has 6 nitrogen and oxygen atoms in total. The van der Waals surface area contributed by atoms with Crippen LogP contribution < -0.4 is 10.6 Å². The molecule has 2 heterocycles. The van der Waals surface area contributed by atoms with Crippen molar-refractivity contribution < 1.29 is 18.0 Å². The summed E-state index contributed by atoms with van der Waals surface area (Å²) in [6.07, 6.45) is -2.44. The molecule has 0 spiro atoms. The lowest BCUT2D eigenvalue weighted by Crippen LogP contribution is -2.27. The number of amides is 1. The fraction of sp³-hybridized carbons (Fsp3) is 0.158. The van der Waals surface area contributed by atoms with Crippen LogP contribution in [0.5, 0.6) is 0 Å². The van der Waals surface area contributed by atoms with Gasteiger partial charge in [-0.3, -0.25) is 9.78 Å². The molecule has 0 bridgehead atoms. The van der Waals surface area contributed by atoms with Crippen molar-refractivity contribution in [3.05, 3.63) is 76.3 Å². The zero-order chi connectivity index (χ0) is 21.0. The van der Waals surface area contributed by atoms with Crippen LogP contribution in [-0.2, 0) is 12.7 Å². The van der Waals surface area contributed by atoms with Crippen molar-refractivity contribution in [2.45, 2.75) is 19.6 Å². The zero-order valence-electron chi connectivity index (χ0n) is 15.1. The first kappa shape index (κ1) is 20.5. The van der Waals surface area contributed by atoms with E-state index in [0.29, 0.717) is 16.3 Å². The van der Waals surface area contributed by atoms with E-state index in [-0.39, 0.29) is 12.5 Å². The second-order valence-electron chi connectivity index (χ2n) is 6.08. The molecule has 150 valence electrons. The normalized spacial score (nSPS) is 11.2. The molecule has 0 radical (unpaired) electrons. The van der Waals surface area contributed by atoms with Crippen molar-refractivity contribution in [2.24, 2.45) is 0 Å². The summed E-state index contributed by atoms with van der Waals surface area (Å²) < 4.78 is 40.4. The van der Waals surface area contributed by atoms with Crippen molar-refractivity contribution in [3.63, 3.8) is 0 Å². The number of rotatable bonds is 5. The number of anilines is 2. The number of hydrogen-bond acceptors (Lipinski definition) is 5. The minimum Gasteiger partial charge on any atom is -0.348 e. The molecular formula is C19H15ClF3N5O. The molecule has 2 aromatic heterocycles. The molecule has 3 rings (SSSR count). The standard InChI is InChI=1S/C19H15ClF3N5O/c1-11-7-12(5-6-24-11)9-25-17(29)15-10-26-18(28-16(15)19(21,22)23)27-14-4-2-3-13(20)8-14/h2-8,10H,9H2,1H3,(H,25,29)(H,26,27,28). The van der Waals surface area contributed by atoms with Gasteiger partial charge >= 0.3 is 6.18 Å². The fourth-order valence-corrected chi connectivity index (χ4v) is 2.70. The molecule has 0 fully saturated rings. The van der Waals surface area contributed by atoms with E-state index < -0.39 is 23.3 Å². The van der Waals surface area contributed by atoms with Crippen LogP contribution in [-0.4, -0.2) is 20.9 Å². The molecule has 3 aromatic rings. The van der Waals surface area contributed by atoms with Gasteiger partial charge in [0.2, 0.25) is 5.95 Å². The molecule has 1 amide bonds. The van der Waals surface area contributed by atoms with Gasteiger partial charge in [0.1, 0.15) is 0 Å². The molecule has 2 N–H and O–H groups in total. The third-order valence-corrected chi connectivity index (χ3v) is 4.03. The van der Waals surface area contributed by atoms with Crippen LogP contribution in [0, 0.1) is 6.92 Å². The molecule has 0 aliphatic heterocycles. The van der Waals surface area contributed by atoms with Gasteiger partial charge in [-0.15, -0.1) is 0 Å². The Balaban J connectivity index is 1.83. The summed E-state index contributed by atoms with van der Waals surface area (Å²) in [5, 5.41) is 5.49. The fourth-order valence-electron chi connectivity index (χ4n) is 2.51. The van der Waals surface area contributed by atoms with Crippen molar-refractivity contribution in [1.29, 1.82) is 0 Å². The Morgan fingerprint density at radius 2 is 1.97 bits per heavy atom. The largest absolute Gasteiger partial charge is 0.434 e. The number of alkyl halides is 3. The van der Waals surface area contributed by atoms with Crippen LogP contribution >= 0.6 is 11.6 Å². The van der Waals surface area contributed by atoms with E-state index in [1.54, 1.807) is 43.5 Å². The average Bonchev–Trinajstić information content (AvgIpc) is 2.65. The molecule has 0 atom stereocenters. The highest BCUT2D eigenvalue weighted by Crippen LogP contribution is 2.31. The highest BCUT2D eigenvalue weighted by molar-refractivity contribution is 6.30. The molecule has 1 aromatic carbocycles. The van der Waals surface area contributed by atoms with Gasteiger partial charge in [0.15, 0.2) is 5.69 Å². The summed E-state index contributed by atoms with van der Waals surface area (Å²) in [6, 6.07) is 9.73. The Morgan fingerprint density at radius 3 is 2.66 bits per heavy atom. The van der Waals surface area contributed by atoms with E-state index in [2.05, 4.69) is 25.6 Å². The molecular weight excluding hydrogens is 407 g/mol. The number of carbonyl (C=O) groups excluding carboxylic acids is 1. The van der Waals surface area contributed by atoms with E-state index >= 15 is 0 Å². The summed E-state index contributed by atoms with van der Waals surface area (Å²) >= 11 is 5.86. The van der Waals surface area contributed by atoms with Gasteiger partial charge in [0.25, 0.3) is 5.91 Å². The van der Waals surface area contributed by atoms with Crippen molar-refractivity contribution in [2.75, 3.05) is 5.32 Å². The molecule has 29 heavy (non-hydrogen) atoms. The van der Waals surface area contributed by atoms with Gasteiger partial charge in [-0.1, -0.05) is 17.7 Å². The maximum atomic E-state index is 13.5. The maximum absolute atomic E-state index is 13.5. The van der Waals surface area contributed by atoms with E-state index in [0.717, 1.165) is 11.9 Å². The summed E-state index contributed by atoms with van der Waals surface area (Å²) in [4.78, 5) is 23.7. The lowest BCUT2D eigenvalue weighted by atomic mass is 10.2. The smallest absolute Gasteiger partial charge is 0.348 e. The number of aromatic nitrogens is 3. The first-order valence-corrected chi connectivity index (χ1v) is 8.77. The number of pyridine rings is 1. The van der Waals surface area contributed by atoms with Crippen LogP contribution in [0.15, 0.2) is 48.8 Å². The third-order valence-electron chi connectivity index (χ3n) is 3.80. The maximum Gasteiger partial charge on any atom is 0.434 e. The van der Waals surface area contributed by atoms with E-state index in [4.69, 9.17) is 11.6 Å². The minimum atomic E-state index is -4.84. The third kappa shape index (κ3) is 5.41. The van der Waals surface area contributed by atoms with Crippen LogP contribution in [0.1, 0.15) is 27.3 Å². The average molecular weight is 422 g/mol. The predicted octanol–water partition coefficient (Wildman–Crippen LogP) is 4.53. The van der Waals surface area contributed by atoms with Gasteiger partial charge in [-0.2, -0.15) is 13.2 Å². The van der Waals surface area contributed by atoms with Crippen LogP contribution in [0.25, 0.3) is 0 Å². The van der Waals surface area contributed by atoms with Gasteiger partial charge in [0.05, 0.1) is 5.56 Å². The number of aryl methyl sites for hydroxylation is 1. The Hall–Kier alpha value is -3.20. The van der Waals surface area contributed by atoms with Crippen molar-refractivity contribution in [3.8, 4) is 0 Å². The predicted molar refractivity (Wildman–Crippen MR) is 102 cm³/mol. The molecule has 0 aliphatic rings. The van der Waals surface area contributed by atoms with Crippen molar-refractivity contribution >= 4 is 29.1 Å². The van der Waals surface area contributed by atoms with Gasteiger partial charge in [0, 0.05) is 35.3 Å². The van der Waals surface area contributed by atoms with E-state index in [9.17, 15) is 18.0 Å². The van der Waals surface area contributed by atoms with Gasteiger partial charge in [-0.05, 0) is 42.8 Å². The first-order valence-electron chi connectivity index (χ1n) is 8.39. The summed E-state index contributed by atoms with van der Waals surface area (Å²) in [6.45, 7) is 1.81. The van der Waals surface area contributed by atoms with Crippen molar-refractivity contribution in [1.82, 2.24) is 20.3 Å². The Labute approximate surface area is 169 Å². The number of nitrogens with zero attached hydrogens (tertiary/aromatic N) is 3. The van der Waals surface area contributed by atoms with Crippen LogP contribution in [0.2, 0.25) is 5.02 Å². The molecule has 0 saturated heterocycles.